The standard InChI is InChI=1S/C15H25ClN2/c1-12(2)9-15(11-18(3)4)17-10-13-5-7-14(16)8-6-13/h5-8,12,15,17H,9-11H2,1-4H3. The Balaban J connectivity index is 2.47. The molecule has 1 aromatic carbocycles. The van der Waals surface area contributed by atoms with Gasteiger partial charge in [-0.2, -0.15) is 0 Å². The Morgan fingerprint density at radius 3 is 2.28 bits per heavy atom. The number of likely N-dealkylation sites (N-methyl/N-ethyl adjacent to an activating group) is 1. The van der Waals surface area contributed by atoms with E-state index in [1.165, 1.54) is 12.0 Å². The van der Waals surface area contributed by atoms with Gasteiger partial charge in [-0.05, 0) is 44.1 Å². The molecule has 1 N–H and O–H groups in total. The molecule has 2 nitrogen and oxygen atoms in total. The summed E-state index contributed by atoms with van der Waals surface area (Å²) in [5.41, 5.74) is 1.28. The van der Waals surface area contributed by atoms with Crippen LogP contribution in [0.4, 0.5) is 0 Å². The lowest BCUT2D eigenvalue weighted by molar-refractivity contribution is 0.305. The van der Waals surface area contributed by atoms with Crippen molar-refractivity contribution < 1.29 is 0 Å². The fraction of sp³-hybridized carbons (Fsp3) is 0.600. The average Bonchev–Trinajstić information content (AvgIpc) is 2.26. The largest absolute Gasteiger partial charge is 0.309 e. The lowest BCUT2D eigenvalue weighted by Crippen LogP contribution is -2.38. The molecule has 0 aromatic heterocycles. The van der Waals surface area contributed by atoms with Crippen LogP contribution in [-0.2, 0) is 6.54 Å². The molecule has 0 bridgehead atoms. The number of nitrogens with one attached hydrogen (secondary N) is 1. The van der Waals surface area contributed by atoms with Crippen LogP contribution in [0.2, 0.25) is 5.02 Å². The highest BCUT2D eigenvalue weighted by molar-refractivity contribution is 6.30. The predicted octanol–water partition coefficient (Wildman–Crippen LogP) is 3.41. The molecule has 18 heavy (non-hydrogen) atoms. The third-order valence-corrected chi connectivity index (χ3v) is 3.10. The molecule has 0 radical (unpaired) electrons. The second-order valence-corrected chi connectivity index (χ2v) is 6.03. The molecule has 102 valence electrons. The van der Waals surface area contributed by atoms with E-state index < -0.39 is 0 Å². The van der Waals surface area contributed by atoms with Crippen molar-refractivity contribution in [3.8, 4) is 0 Å². The first-order valence-corrected chi connectivity index (χ1v) is 6.97. The number of benzene rings is 1. The van der Waals surface area contributed by atoms with Crippen LogP contribution >= 0.6 is 11.6 Å². The normalized spacial score (nSPS) is 13.3. The van der Waals surface area contributed by atoms with Crippen LogP contribution < -0.4 is 5.32 Å². The molecule has 3 heteroatoms. The van der Waals surface area contributed by atoms with E-state index in [2.05, 4.69) is 50.3 Å². The van der Waals surface area contributed by atoms with Crippen LogP contribution in [0.3, 0.4) is 0 Å². The van der Waals surface area contributed by atoms with Gasteiger partial charge < -0.3 is 10.2 Å². The topological polar surface area (TPSA) is 15.3 Å². The number of halogens is 1. The number of nitrogens with zero attached hydrogens (tertiary/aromatic N) is 1. The Hall–Kier alpha value is -0.570. The lowest BCUT2D eigenvalue weighted by atomic mass is 10.0. The molecule has 0 saturated heterocycles. The Kier molecular flexibility index (Phi) is 6.69. The summed E-state index contributed by atoms with van der Waals surface area (Å²) in [5.74, 6) is 0.715. The molecular formula is C15H25ClN2. The van der Waals surface area contributed by atoms with Crippen LogP contribution in [0.15, 0.2) is 24.3 Å². The maximum atomic E-state index is 5.88. The molecule has 0 heterocycles. The number of rotatable bonds is 7. The first-order valence-electron chi connectivity index (χ1n) is 6.60. The third kappa shape index (κ3) is 6.39. The van der Waals surface area contributed by atoms with Gasteiger partial charge in [0.1, 0.15) is 0 Å². The van der Waals surface area contributed by atoms with E-state index in [9.17, 15) is 0 Å². The lowest BCUT2D eigenvalue weighted by Gasteiger charge is -2.24. The summed E-state index contributed by atoms with van der Waals surface area (Å²) in [6, 6.07) is 8.59. The number of hydrogen-bond donors (Lipinski definition) is 1. The molecule has 0 fully saturated rings. The SMILES string of the molecule is CC(C)CC(CN(C)C)NCc1ccc(Cl)cc1. The van der Waals surface area contributed by atoms with Crippen molar-refractivity contribution in [3.05, 3.63) is 34.9 Å². The van der Waals surface area contributed by atoms with Crippen molar-refractivity contribution in [2.24, 2.45) is 5.92 Å². The molecule has 0 aliphatic rings. The van der Waals surface area contributed by atoms with Gasteiger partial charge in [-0.25, -0.2) is 0 Å². The highest BCUT2D eigenvalue weighted by Gasteiger charge is 2.11. The van der Waals surface area contributed by atoms with Gasteiger partial charge in [0.15, 0.2) is 0 Å². The monoisotopic (exact) mass is 268 g/mol. The van der Waals surface area contributed by atoms with E-state index in [4.69, 9.17) is 11.6 Å². The molecule has 0 aliphatic heterocycles. The van der Waals surface area contributed by atoms with Gasteiger partial charge in [0, 0.05) is 24.2 Å². The van der Waals surface area contributed by atoms with Crippen molar-refractivity contribution in [1.82, 2.24) is 10.2 Å². The van der Waals surface area contributed by atoms with Crippen LogP contribution in [0, 0.1) is 5.92 Å². The molecular weight excluding hydrogens is 244 g/mol. The molecule has 0 amide bonds. The second-order valence-electron chi connectivity index (χ2n) is 5.60. The molecule has 1 unspecified atom stereocenters. The summed E-state index contributed by atoms with van der Waals surface area (Å²) in [5, 5.41) is 4.43. The molecule has 0 saturated carbocycles. The van der Waals surface area contributed by atoms with Crippen molar-refractivity contribution in [2.75, 3.05) is 20.6 Å². The molecule has 0 aliphatic carbocycles. The van der Waals surface area contributed by atoms with Gasteiger partial charge in [-0.1, -0.05) is 37.6 Å². The van der Waals surface area contributed by atoms with E-state index in [1.807, 2.05) is 12.1 Å². The van der Waals surface area contributed by atoms with Crippen LogP contribution in [0.25, 0.3) is 0 Å². The fourth-order valence-electron chi connectivity index (χ4n) is 2.10. The first-order chi connectivity index (χ1) is 8.47. The summed E-state index contributed by atoms with van der Waals surface area (Å²) in [7, 11) is 4.24. The Bertz CT molecular complexity index is 323. The minimum atomic E-state index is 0.538. The van der Waals surface area contributed by atoms with Crippen molar-refractivity contribution in [3.63, 3.8) is 0 Å². The van der Waals surface area contributed by atoms with E-state index in [1.54, 1.807) is 0 Å². The third-order valence-electron chi connectivity index (χ3n) is 2.85. The Labute approximate surface area is 116 Å². The van der Waals surface area contributed by atoms with Gasteiger partial charge in [0.2, 0.25) is 0 Å². The van der Waals surface area contributed by atoms with Gasteiger partial charge in [-0.3, -0.25) is 0 Å². The maximum Gasteiger partial charge on any atom is 0.0406 e. The molecule has 1 atom stereocenters. The summed E-state index contributed by atoms with van der Waals surface area (Å²) in [4.78, 5) is 2.24. The molecule has 1 aromatic rings. The zero-order chi connectivity index (χ0) is 13.5. The van der Waals surface area contributed by atoms with Gasteiger partial charge in [-0.15, -0.1) is 0 Å². The quantitative estimate of drug-likeness (QED) is 0.815. The minimum absolute atomic E-state index is 0.538. The van der Waals surface area contributed by atoms with E-state index in [0.717, 1.165) is 18.1 Å². The minimum Gasteiger partial charge on any atom is -0.309 e. The zero-order valence-electron chi connectivity index (χ0n) is 11.9. The fourth-order valence-corrected chi connectivity index (χ4v) is 2.22. The van der Waals surface area contributed by atoms with E-state index in [-0.39, 0.29) is 0 Å². The van der Waals surface area contributed by atoms with Crippen molar-refractivity contribution >= 4 is 11.6 Å². The first kappa shape index (κ1) is 15.5. The van der Waals surface area contributed by atoms with Gasteiger partial charge in [0.25, 0.3) is 0 Å². The summed E-state index contributed by atoms with van der Waals surface area (Å²) in [6.07, 6.45) is 1.20. The summed E-state index contributed by atoms with van der Waals surface area (Å²) >= 11 is 5.88. The smallest absolute Gasteiger partial charge is 0.0406 e. The second kappa shape index (κ2) is 7.78. The maximum absolute atomic E-state index is 5.88. The van der Waals surface area contributed by atoms with Crippen LogP contribution in [-0.4, -0.2) is 31.6 Å². The molecule has 1 rings (SSSR count). The van der Waals surface area contributed by atoms with Crippen LogP contribution in [0.1, 0.15) is 25.8 Å². The Morgan fingerprint density at radius 2 is 1.78 bits per heavy atom. The van der Waals surface area contributed by atoms with E-state index in [0.29, 0.717) is 12.0 Å². The van der Waals surface area contributed by atoms with Gasteiger partial charge in [0.05, 0.1) is 0 Å². The summed E-state index contributed by atoms with van der Waals surface area (Å²) < 4.78 is 0. The van der Waals surface area contributed by atoms with Crippen molar-refractivity contribution in [2.45, 2.75) is 32.9 Å². The van der Waals surface area contributed by atoms with Gasteiger partial charge >= 0.3 is 0 Å². The predicted molar refractivity (Wildman–Crippen MR) is 80.1 cm³/mol. The highest BCUT2D eigenvalue weighted by atomic mass is 35.5. The molecule has 0 spiro atoms. The number of hydrogen-bond acceptors (Lipinski definition) is 2. The Morgan fingerprint density at radius 1 is 1.17 bits per heavy atom. The highest BCUT2D eigenvalue weighted by Crippen LogP contribution is 2.11. The zero-order valence-corrected chi connectivity index (χ0v) is 12.7. The summed E-state index contributed by atoms with van der Waals surface area (Å²) in [6.45, 7) is 6.52. The average molecular weight is 269 g/mol. The van der Waals surface area contributed by atoms with Crippen molar-refractivity contribution in [1.29, 1.82) is 0 Å². The van der Waals surface area contributed by atoms with Crippen LogP contribution in [0.5, 0.6) is 0 Å². The van der Waals surface area contributed by atoms with E-state index >= 15 is 0 Å².